The van der Waals surface area contributed by atoms with Gasteiger partial charge in [-0.15, -0.1) is 10.2 Å². The summed E-state index contributed by atoms with van der Waals surface area (Å²) in [6, 6.07) is 10.4. The number of aromatic nitrogens is 4. The van der Waals surface area contributed by atoms with E-state index < -0.39 is 0 Å². The molecule has 0 bridgehead atoms. The molecule has 27 heavy (non-hydrogen) atoms. The molecule has 0 atom stereocenters. The number of nitrogens with zero attached hydrogens (tertiary/aromatic N) is 3. The first-order valence-corrected chi connectivity index (χ1v) is 10.3. The average molecular weight is 464 g/mol. The Morgan fingerprint density at radius 2 is 2.19 bits per heavy atom. The average Bonchev–Trinajstić information content (AvgIpc) is 3.31. The second-order valence-electron chi connectivity index (χ2n) is 5.46. The lowest BCUT2D eigenvalue weighted by molar-refractivity contribution is 0.102. The number of nitrogens with one attached hydrogen (secondary N) is 2. The van der Waals surface area contributed by atoms with Crippen LogP contribution in [0, 0.1) is 5.82 Å². The molecule has 4 aromatic rings. The van der Waals surface area contributed by atoms with Gasteiger partial charge in [-0.05, 0) is 45.8 Å². The maximum absolute atomic E-state index is 14.0. The maximum atomic E-state index is 14.0. The summed E-state index contributed by atoms with van der Waals surface area (Å²) in [6.07, 6.45) is 1.58. The summed E-state index contributed by atoms with van der Waals surface area (Å²) in [7, 11) is 0. The minimum absolute atomic E-state index is 0.280. The number of benzene rings is 2. The van der Waals surface area contributed by atoms with E-state index in [1.807, 2.05) is 0 Å². The molecule has 6 nitrogen and oxygen atoms in total. The third kappa shape index (κ3) is 4.02. The fraction of sp³-hybridized carbons (Fsp3) is 0.0588. The number of amides is 1. The van der Waals surface area contributed by atoms with E-state index in [2.05, 4.69) is 41.4 Å². The van der Waals surface area contributed by atoms with E-state index in [0.29, 0.717) is 30.8 Å². The largest absolute Gasteiger partial charge is 0.345 e. The Hall–Kier alpha value is -2.30. The smallest absolute Gasteiger partial charge is 0.257 e. The van der Waals surface area contributed by atoms with Crippen molar-refractivity contribution in [1.82, 2.24) is 20.2 Å². The summed E-state index contributed by atoms with van der Waals surface area (Å²) in [4.78, 5) is 19.5. The number of anilines is 1. The first-order valence-electron chi connectivity index (χ1n) is 7.74. The molecule has 10 heteroatoms. The van der Waals surface area contributed by atoms with E-state index in [9.17, 15) is 9.18 Å². The minimum atomic E-state index is -0.280. The normalized spacial score (nSPS) is 11.0. The Morgan fingerprint density at radius 1 is 1.30 bits per heavy atom. The van der Waals surface area contributed by atoms with Gasteiger partial charge in [0.25, 0.3) is 5.91 Å². The summed E-state index contributed by atoms with van der Waals surface area (Å²) in [5.41, 5.74) is 2.64. The van der Waals surface area contributed by atoms with E-state index in [-0.39, 0.29) is 11.7 Å². The Balaban J connectivity index is 1.41. The van der Waals surface area contributed by atoms with E-state index in [0.717, 1.165) is 11.0 Å². The van der Waals surface area contributed by atoms with E-state index >= 15 is 0 Å². The molecular formula is C17H11BrFN5OS2. The number of aromatic amines is 1. The molecule has 0 aliphatic rings. The van der Waals surface area contributed by atoms with Crippen molar-refractivity contribution in [3.05, 3.63) is 64.1 Å². The highest BCUT2D eigenvalue weighted by Crippen LogP contribution is 2.30. The first kappa shape index (κ1) is 18.1. The van der Waals surface area contributed by atoms with Crippen LogP contribution in [0.5, 0.6) is 0 Å². The van der Waals surface area contributed by atoms with Crippen molar-refractivity contribution in [2.45, 2.75) is 10.1 Å². The molecule has 0 radical (unpaired) electrons. The second-order valence-corrected chi connectivity index (χ2v) is 8.52. The first-order chi connectivity index (χ1) is 13.1. The number of H-pyrrole nitrogens is 1. The zero-order valence-corrected chi connectivity index (χ0v) is 16.8. The van der Waals surface area contributed by atoms with Crippen LogP contribution in [-0.4, -0.2) is 26.1 Å². The fourth-order valence-electron chi connectivity index (χ4n) is 2.36. The van der Waals surface area contributed by atoms with Gasteiger partial charge >= 0.3 is 0 Å². The zero-order chi connectivity index (χ0) is 18.8. The van der Waals surface area contributed by atoms with Crippen molar-refractivity contribution in [2.75, 3.05) is 5.32 Å². The summed E-state index contributed by atoms with van der Waals surface area (Å²) in [5, 5.41) is 11.1. The number of halogens is 2. The van der Waals surface area contributed by atoms with Crippen LogP contribution in [0.15, 0.2) is 51.5 Å². The van der Waals surface area contributed by atoms with Crippen molar-refractivity contribution < 1.29 is 9.18 Å². The number of carbonyl (C=O) groups excluding carboxylic acids is 1. The quantitative estimate of drug-likeness (QED) is 0.326. The maximum Gasteiger partial charge on any atom is 0.257 e. The zero-order valence-electron chi connectivity index (χ0n) is 13.6. The number of hydrogen-bond acceptors (Lipinski definition) is 6. The van der Waals surface area contributed by atoms with Crippen molar-refractivity contribution in [2.24, 2.45) is 0 Å². The molecule has 0 unspecified atom stereocenters. The number of rotatable bonds is 5. The molecule has 2 heterocycles. The van der Waals surface area contributed by atoms with Gasteiger partial charge in [0.2, 0.25) is 5.13 Å². The fourth-order valence-corrected chi connectivity index (χ4v) is 4.49. The molecule has 0 aliphatic carbocycles. The monoisotopic (exact) mass is 463 g/mol. The summed E-state index contributed by atoms with van der Waals surface area (Å²) >= 11 is 5.78. The van der Waals surface area contributed by atoms with Crippen molar-refractivity contribution in [1.29, 1.82) is 0 Å². The number of fused-ring (bicyclic) bond motifs is 1. The topological polar surface area (TPSA) is 83.6 Å². The van der Waals surface area contributed by atoms with Crippen LogP contribution >= 0.6 is 39.0 Å². The van der Waals surface area contributed by atoms with Gasteiger partial charge in [0.05, 0.1) is 21.8 Å². The lowest BCUT2D eigenvalue weighted by atomic mass is 10.2. The third-order valence-electron chi connectivity index (χ3n) is 3.69. The molecule has 2 aromatic heterocycles. The van der Waals surface area contributed by atoms with Crippen LogP contribution in [0.2, 0.25) is 0 Å². The number of hydrogen-bond donors (Lipinski definition) is 2. The molecule has 0 aliphatic heterocycles. The molecule has 2 N–H and O–H groups in total. The number of thioether (sulfide) groups is 1. The number of imidazole rings is 1. The van der Waals surface area contributed by atoms with E-state index in [4.69, 9.17) is 0 Å². The van der Waals surface area contributed by atoms with Gasteiger partial charge in [0.15, 0.2) is 4.34 Å². The van der Waals surface area contributed by atoms with Gasteiger partial charge in [-0.25, -0.2) is 9.37 Å². The molecular weight excluding hydrogens is 453 g/mol. The molecule has 1 amide bonds. The Labute approximate surface area is 169 Å². The minimum Gasteiger partial charge on any atom is -0.345 e. The van der Waals surface area contributed by atoms with Crippen LogP contribution in [0.4, 0.5) is 9.52 Å². The highest BCUT2D eigenvalue weighted by molar-refractivity contribution is 9.10. The van der Waals surface area contributed by atoms with Gasteiger partial charge in [0, 0.05) is 11.3 Å². The predicted molar refractivity (Wildman–Crippen MR) is 108 cm³/mol. The molecule has 0 saturated heterocycles. The Kier molecular flexibility index (Phi) is 5.19. The number of carbonyl (C=O) groups is 1. The Bertz CT molecular complexity index is 1130. The molecule has 0 spiro atoms. The standard InChI is InChI=1S/C17H11BrFN5OS2/c18-11-3-1-2-10(14(11)19)7-26-17-24-23-16(27-17)22-15(25)9-4-5-12-13(6-9)21-8-20-12/h1-6,8H,7H2,(H,20,21)(H,22,23,25). The lowest BCUT2D eigenvalue weighted by Gasteiger charge is -2.02. The van der Waals surface area contributed by atoms with Crippen LogP contribution in [0.25, 0.3) is 11.0 Å². The van der Waals surface area contributed by atoms with E-state index in [1.165, 1.54) is 23.1 Å². The van der Waals surface area contributed by atoms with Crippen LogP contribution < -0.4 is 5.32 Å². The molecule has 136 valence electrons. The van der Waals surface area contributed by atoms with Gasteiger partial charge < -0.3 is 4.98 Å². The Morgan fingerprint density at radius 3 is 3.07 bits per heavy atom. The van der Waals surface area contributed by atoms with Gasteiger partial charge in [-0.2, -0.15) is 0 Å². The van der Waals surface area contributed by atoms with Crippen LogP contribution in [0.1, 0.15) is 15.9 Å². The molecule has 2 aromatic carbocycles. The van der Waals surface area contributed by atoms with Crippen LogP contribution in [0.3, 0.4) is 0 Å². The van der Waals surface area contributed by atoms with Crippen molar-refractivity contribution in [3.8, 4) is 0 Å². The van der Waals surface area contributed by atoms with E-state index in [1.54, 1.807) is 42.7 Å². The van der Waals surface area contributed by atoms with Crippen molar-refractivity contribution >= 4 is 61.1 Å². The third-order valence-corrected chi connectivity index (χ3v) is 6.33. The predicted octanol–water partition coefficient (Wildman–Crippen LogP) is 4.86. The highest BCUT2D eigenvalue weighted by Gasteiger charge is 2.13. The molecule has 0 fully saturated rings. The second kappa shape index (κ2) is 7.75. The van der Waals surface area contributed by atoms with Gasteiger partial charge in [0.1, 0.15) is 5.82 Å². The lowest BCUT2D eigenvalue weighted by Crippen LogP contribution is -2.11. The van der Waals surface area contributed by atoms with Crippen LogP contribution in [-0.2, 0) is 5.75 Å². The van der Waals surface area contributed by atoms with Gasteiger partial charge in [-0.3, -0.25) is 10.1 Å². The van der Waals surface area contributed by atoms with Gasteiger partial charge in [-0.1, -0.05) is 35.2 Å². The molecule has 0 saturated carbocycles. The molecule has 4 rings (SSSR count). The summed E-state index contributed by atoms with van der Waals surface area (Å²) < 4.78 is 15.1. The summed E-state index contributed by atoms with van der Waals surface area (Å²) in [5.74, 6) is -0.140. The van der Waals surface area contributed by atoms with Crippen molar-refractivity contribution in [3.63, 3.8) is 0 Å². The SMILES string of the molecule is O=C(Nc1nnc(SCc2cccc(Br)c2F)s1)c1ccc2nc[nH]c2c1. The highest BCUT2D eigenvalue weighted by atomic mass is 79.9. The summed E-state index contributed by atoms with van der Waals surface area (Å²) in [6.45, 7) is 0.